The lowest BCUT2D eigenvalue weighted by atomic mass is 10.1. The highest BCUT2D eigenvalue weighted by Gasteiger charge is 2.13. The van der Waals surface area contributed by atoms with Crippen LogP contribution in [0.3, 0.4) is 0 Å². The third-order valence-electron chi connectivity index (χ3n) is 4.02. The number of hydrogen-bond donors (Lipinski definition) is 1. The highest BCUT2D eigenvalue weighted by molar-refractivity contribution is 5.46. The maximum Gasteiger partial charge on any atom is 0.170 e. The molecule has 0 bridgehead atoms. The molecule has 3 rings (SSSR count). The number of tetrazole rings is 1. The molecule has 0 unspecified atom stereocenters. The van der Waals surface area contributed by atoms with Crippen molar-refractivity contribution in [2.24, 2.45) is 0 Å². The van der Waals surface area contributed by atoms with Crippen LogP contribution in [0.25, 0.3) is 5.69 Å². The van der Waals surface area contributed by atoms with Crippen molar-refractivity contribution in [3.63, 3.8) is 0 Å². The minimum Gasteiger partial charge on any atom is -0.305 e. The summed E-state index contributed by atoms with van der Waals surface area (Å²) >= 11 is 0. The van der Waals surface area contributed by atoms with Gasteiger partial charge in [0, 0.05) is 12.2 Å². The van der Waals surface area contributed by atoms with Gasteiger partial charge >= 0.3 is 0 Å². The SMILES string of the molecule is Cc1cnn(C[C@@H](C)NCc2nnnn2-c2c(C)cccc2C)c1. The average Bonchev–Trinajstić information content (AvgIpc) is 3.14. The zero-order valence-electron chi connectivity index (χ0n) is 14.6. The van der Waals surface area contributed by atoms with E-state index in [1.54, 1.807) is 0 Å². The molecule has 0 saturated heterocycles. The minimum absolute atomic E-state index is 0.257. The molecule has 0 radical (unpaired) electrons. The maximum absolute atomic E-state index is 4.32. The Morgan fingerprint density at radius 3 is 2.58 bits per heavy atom. The molecule has 1 atom stereocenters. The van der Waals surface area contributed by atoms with E-state index in [4.69, 9.17) is 0 Å². The lowest BCUT2D eigenvalue weighted by Crippen LogP contribution is -2.31. The number of nitrogens with zero attached hydrogens (tertiary/aromatic N) is 6. The molecule has 0 saturated carbocycles. The third-order valence-corrected chi connectivity index (χ3v) is 4.02. The van der Waals surface area contributed by atoms with Crippen LogP contribution in [0, 0.1) is 20.8 Å². The molecule has 2 aromatic heterocycles. The molecule has 126 valence electrons. The standard InChI is InChI=1S/C17H23N7/c1-12-8-19-23(10-12)11-15(4)18-9-16-20-21-22-24(16)17-13(2)6-5-7-14(17)3/h5-8,10,15,18H,9,11H2,1-4H3/t15-/m1/s1. The molecule has 0 aliphatic carbocycles. The molecule has 1 N–H and O–H groups in total. The van der Waals surface area contributed by atoms with Gasteiger partial charge < -0.3 is 5.32 Å². The molecule has 0 amide bonds. The molecule has 3 aromatic rings. The van der Waals surface area contributed by atoms with Crippen LogP contribution in [0.1, 0.15) is 29.4 Å². The summed E-state index contributed by atoms with van der Waals surface area (Å²) in [7, 11) is 0. The first-order chi connectivity index (χ1) is 11.5. The van der Waals surface area contributed by atoms with Crippen molar-refractivity contribution in [3.05, 3.63) is 53.1 Å². The highest BCUT2D eigenvalue weighted by atomic mass is 15.5. The van der Waals surface area contributed by atoms with E-state index < -0.39 is 0 Å². The van der Waals surface area contributed by atoms with Crippen molar-refractivity contribution in [1.29, 1.82) is 0 Å². The van der Waals surface area contributed by atoms with E-state index in [1.165, 1.54) is 5.56 Å². The molecule has 24 heavy (non-hydrogen) atoms. The van der Waals surface area contributed by atoms with Gasteiger partial charge in [0.2, 0.25) is 0 Å². The Balaban J connectivity index is 1.70. The smallest absolute Gasteiger partial charge is 0.170 e. The predicted octanol–water partition coefficient (Wildman–Crippen LogP) is 1.96. The zero-order chi connectivity index (χ0) is 17.1. The van der Waals surface area contributed by atoms with Gasteiger partial charge in [0.05, 0.1) is 25.0 Å². The second-order valence-electron chi connectivity index (χ2n) is 6.27. The quantitative estimate of drug-likeness (QED) is 0.750. The molecule has 7 heteroatoms. The van der Waals surface area contributed by atoms with Crippen molar-refractivity contribution in [2.45, 2.75) is 46.8 Å². The summed E-state index contributed by atoms with van der Waals surface area (Å²) in [4.78, 5) is 0. The normalized spacial score (nSPS) is 12.5. The van der Waals surface area contributed by atoms with Gasteiger partial charge in [-0.1, -0.05) is 18.2 Å². The number of para-hydroxylation sites is 1. The lowest BCUT2D eigenvalue weighted by molar-refractivity contribution is 0.443. The molecule has 0 aliphatic heterocycles. The van der Waals surface area contributed by atoms with Crippen molar-refractivity contribution < 1.29 is 0 Å². The largest absolute Gasteiger partial charge is 0.305 e. The van der Waals surface area contributed by atoms with Crippen molar-refractivity contribution >= 4 is 0 Å². The Bertz CT molecular complexity index is 798. The van der Waals surface area contributed by atoms with Crippen LogP contribution < -0.4 is 5.32 Å². The van der Waals surface area contributed by atoms with E-state index in [0.717, 1.165) is 29.2 Å². The van der Waals surface area contributed by atoms with E-state index >= 15 is 0 Å². The number of aromatic nitrogens is 6. The molecule has 0 spiro atoms. The number of rotatable bonds is 6. The fourth-order valence-electron chi connectivity index (χ4n) is 2.81. The summed E-state index contributed by atoms with van der Waals surface area (Å²) < 4.78 is 3.77. The Kier molecular flexibility index (Phi) is 4.71. The van der Waals surface area contributed by atoms with Gasteiger partial charge in [-0.2, -0.15) is 9.78 Å². The van der Waals surface area contributed by atoms with Gasteiger partial charge in [-0.25, -0.2) is 0 Å². The van der Waals surface area contributed by atoms with Crippen LogP contribution in [0.15, 0.2) is 30.6 Å². The third kappa shape index (κ3) is 3.51. The Morgan fingerprint density at radius 2 is 1.92 bits per heavy atom. The number of hydrogen-bond acceptors (Lipinski definition) is 5. The lowest BCUT2D eigenvalue weighted by Gasteiger charge is -2.15. The van der Waals surface area contributed by atoms with E-state index in [0.29, 0.717) is 6.54 Å². The number of aryl methyl sites for hydroxylation is 3. The van der Waals surface area contributed by atoms with Crippen molar-refractivity contribution in [3.8, 4) is 5.69 Å². The second kappa shape index (κ2) is 6.92. The van der Waals surface area contributed by atoms with E-state index in [9.17, 15) is 0 Å². The Morgan fingerprint density at radius 1 is 1.17 bits per heavy atom. The first kappa shape index (κ1) is 16.3. The molecular formula is C17H23N7. The summed E-state index contributed by atoms with van der Waals surface area (Å²) in [5, 5.41) is 20.0. The van der Waals surface area contributed by atoms with Crippen LogP contribution in [0.4, 0.5) is 0 Å². The van der Waals surface area contributed by atoms with Gasteiger partial charge in [0.1, 0.15) is 0 Å². The summed E-state index contributed by atoms with van der Waals surface area (Å²) in [6.07, 6.45) is 3.91. The fourth-order valence-corrected chi connectivity index (χ4v) is 2.81. The molecule has 0 fully saturated rings. The number of nitrogens with one attached hydrogen (secondary N) is 1. The topological polar surface area (TPSA) is 73.5 Å². The van der Waals surface area contributed by atoms with E-state index in [1.807, 2.05) is 34.7 Å². The Labute approximate surface area is 141 Å². The molecule has 0 aliphatic rings. The van der Waals surface area contributed by atoms with Crippen LogP contribution in [0.5, 0.6) is 0 Å². The van der Waals surface area contributed by atoms with Crippen LogP contribution in [0.2, 0.25) is 0 Å². The van der Waals surface area contributed by atoms with Crippen LogP contribution >= 0.6 is 0 Å². The van der Waals surface area contributed by atoms with Gasteiger partial charge in [-0.05, 0) is 54.8 Å². The van der Waals surface area contributed by atoms with Crippen LogP contribution in [-0.4, -0.2) is 36.0 Å². The highest BCUT2D eigenvalue weighted by Crippen LogP contribution is 2.18. The number of benzene rings is 1. The van der Waals surface area contributed by atoms with Gasteiger partial charge in [0.15, 0.2) is 5.82 Å². The van der Waals surface area contributed by atoms with Crippen molar-refractivity contribution in [2.75, 3.05) is 0 Å². The molecular weight excluding hydrogens is 302 g/mol. The maximum atomic E-state index is 4.32. The molecule has 1 aromatic carbocycles. The van der Waals surface area contributed by atoms with Gasteiger partial charge in [-0.15, -0.1) is 5.10 Å². The summed E-state index contributed by atoms with van der Waals surface area (Å²) in [5.74, 6) is 0.802. The fraction of sp³-hybridized carbons (Fsp3) is 0.412. The predicted molar refractivity (Wildman–Crippen MR) is 91.9 cm³/mol. The first-order valence-electron chi connectivity index (χ1n) is 8.11. The first-order valence-corrected chi connectivity index (χ1v) is 8.11. The molecule has 7 nitrogen and oxygen atoms in total. The monoisotopic (exact) mass is 325 g/mol. The average molecular weight is 325 g/mol. The summed E-state index contributed by atoms with van der Waals surface area (Å²) in [5.41, 5.74) is 4.53. The Hall–Kier alpha value is -2.54. The van der Waals surface area contributed by atoms with E-state index in [2.05, 4.69) is 58.8 Å². The summed E-state index contributed by atoms with van der Waals surface area (Å²) in [6, 6.07) is 6.45. The second-order valence-corrected chi connectivity index (χ2v) is 6.27. The van der Waals surface area contributed by atoms with Gasteiger partial charge in [-0.3, -0.25) is 4.68 Å². The minimum atomic E-state index is 0.257. The van der Waals surface area contributed by atoms with E-state index in [-0.39, 0.29) is 6.04 Å². The van der Waals surface area contributed by atoms with Crippen LogP contribution in [-0.2, 0) is 13.1 Å². The zero-order valence-corrected chi connectivity index (χ0v) is 14.6. The van der Waals surface area contributed by atoms with Crippen molar-refractivity contribution in [1.82, 2.24) is 35.3 Å². The van der Waals surface area contributed by atoms with Gasteiger partial charge in [0.25, 0.3) is 0 Å². The summed E-state index contributed by atoms with van der Waals surface area (Å²) in [6.45, 7) is 9.72. The molecule has 2 heterocycles.